The minimum Gasteiger partial charge on any atom is -0.440 e. The second-order valence-electron chi connectivity index (χ2n) is 7.30. The predicted octanol–water partition coefficient (Wildman–Crippen LogP) is 5.82. The first kappa shape index (κ1) is 21.0. The van der Waals surface area contributed by atoms with Crippen LogP contribution in [0.25, 0.3) is 11.1 Å². The fourth-order valence-corrected chi connectivity index (χ4v) is 3.46. The lowest BCUT2D eigenvalue weighted by Gasteiger charge is -2.10. The van der Waals surface area contributed by atoms with E-state index >= 15 is 0 Å². The van der Waals surface area contributed by atoms with E-state index in [-0.39, 0.29) is 11.0 Å². The molecule has 1 aromatic heterocycles. The van der Waals surface area contributed by atoms with Crippen LogP contribution in [-0.4, -0.2) is 16.0 Å². The number of thiocarbonyl (C=S) groups is 1. The molecule has 3 aromatic carbocycles. The van der Waals surface area contributed by atoms with Gasteiger partial charge in [0, 0.05) is 22.7 Å². The predicted molar refractivity (Wildman–Crippen MR) is 128 cm³/mol. The van der Waals surface area contributed by atoms with E-state index in [1.165, 1.54) is 0 Å². The summed E-state index contributed by atoms with van der Waals surface area (Å²) in [6.07, 6.45) is 0.568. The highest BCUT2D eigenvalue weighted by atomic mass is 35.5. The maximum Gasteiger partial charge on any atom is 0.257 e. The molecule has 0 spiro atoms. The number of aromatic nitrogens is 1. The van der Waals surface area contributed by atoms with Gasteiger partial charge in [0.05, 0.1) is 0 Å². The van der Waals surface area contributed by atoms with E-state index in [0.717, 1.165) is 16.7 Å². The number of amides is 1. The van der Waals surface area contributed by atoms with Crippen molar-refractivity contribution in [1.82, 2.24) is 10.3 Å². The zero-order chi connectivity index (χ0) is 22.0. The highest BCUT2D eigenvalue weighted by Gasteiger charge is 2.11. The fourth-order valence-electron chi connectivity index (χ4n) is 3.13. The second-order valence-corrected chi connectivity index (χ2v) is 8.15. The molecule has 0 bridgehead atoms. The third-order valence-electron chi connectivity index (χ3n) is 4.95. The molecule has 4 rings (SSSR count). The van der Waals surface area contributed by atoms with Gasteiger partial charge in [0.2, 0.25) is 0 Å². The monoisotopic (exact) mass is 449 g/mol. The number of carbonyl (C=O) groups excluding carboxylic acids is 1. The molecule has 156 valence electrons. The van der Waals surface area contributed by atoms with Gasteiger partial charge in [0.15, 0.2) is 16.6 Å². The van der Waals surface area contributed by atoms with Crippen molar-refractivity contribution in [3.05, 3.63) is 93.8 Å². The summed E-state index contributed by atoms with van der Waals surface area (Å²) in [5.74, 6) is 0.355. The first-order chi connectivity index (χ1) is 14.9. The van der Waals surface area contributed by atoms with Crippen molar-refractivity contribution >= 4 is 51.6 Å². The highest BCUT2D eigenvalue weighted by molar-refractivity contribution is 7.80. The summed E-state index contributed by atoms with van der Waals surface area (Å²) in [7, 11) is 0. The van der Waals surface area contributed by atoms with Crippen molar-refractivity contribution in [3.63, 3.8) is 0 Å². The Labute approximate surface area is 190 Å². The summed E-state index contributed by atoms with van der Waals surface area (Å²) in [5, 5.41) is 6.65. The van der Waals surface area contributed by atoms with Gasteiger partial charge in [-0.2, -0.15) is 0 Å². The Bertz CT molecular complexity index is 1280. The molecule has 4 aromatic rings. The molecule has 0 aliphatic carbocycles. The van der Waals surface area contributed by atoms with Crippen LogP contribution in [0.3, 0.4) is 0 Å². The van der Waals surface area contributed by atoms with Crippen LogP contribution in [0, 0.1) is 13.8 Å². The van der Waals surface area contributed by atoms with Gasteiger partial charge in [-0.15, -0.1) is 0 Å². The van der Waals surface area contributed by atoms with Gasteiger partial charge < -0.3 is 9.73 Å². The highest BCUT2D eigenvalue weighted by Crippen LogP contribution is 2.22. The molecule has 0 unspecified atom stereocenters. The Hall–Kier alpha value is -3.22. The number of benzene rings is 3. The summed E-state index contributed by atoms with van der Waals surface area (Å²) in [4.78, 5) is 17.0. The maximum absolute atomic E-state index is 12.4. The fraction of sp³-hybridized carbons (Fsp3) is 0.125. The number of nitrogens with one attached hydrogen (secondary N) is 2. The molecule has 0 saturated heterocycles. The third-order valence-corrected chi connectivity index (χ3v) is 5.41. The zero-order valence-corrected chi connectivity index (χ0v) is 18.6. The number of fused-ring (bicyclic) bond motifs is 1. The number of anilines is 1. The van der Waals surface area contributed by atoms with Gasteiger partial charge in [0.1, 0.15) is 5.52 Å². The molecule has 0 aliphatic rings. The molecule has 5 nitrogen and oxygen atoms in total. The van der Waals surface area contributed by atoms with Crippen LogP contribution in [0.15, 0.2) is 65.1 Å². The number of oxazole rings is 1. The van der Waals surface area contributed by atoms with Crippen LogP contribution in [0.1, 0.15) is 32.9 Å². The van der Waals surface area contributed by atoms with Gasteiger partial charge in [-0.05, 0) is 85.2 Å². The van der Waals surface area contributed by atoms with Crippen molar-refractivity contribution in [3.8, 4) is 0 Å². The van der Waals surface area contributed by atoms with E-state index in [2.05, 4.69) is 15.6 Å². The standard InChI is InChI=1S/C24H20ClN3O2S/c1-14-3-6-17(11-15(14)2)23(29)28-24(31)26-19-9-10-21-20(13-19)27-22(30-21)12-16-4-7-18(25)8-5-16/h3-11,13H,12H2,1-2H3,(H2,26,28,29,31). The second kappa shape index (κ2) is 8.88. The molecular weight excluding hydrogens is 430 g/mol. The van der Waals surface area contributed by atoms with E-state index in [0.29, 0.717) is 39.7 Å². The quantitative estimate of drug-likeness (QED) is 0.384. The largest absolute Gasteiger partial charge is 0.440 e. The van der Waals surface area contributed by atoms with Gasteiger partial charge in [-0.3, -0.25) is 10.1 Å². The molecule has 2 N–H and O–H groups in total. The normalized spacial score (nSPS) is 10.8. The first-order valence-electron chi connectivity index (χ1n) is 9.71. The number of halogens is 1. The van der Waals surface area contributed by atoms with Gasteiger partial charge in [-0.1, -0.05) is 29.8 Å². The Morgan fingerprint density at radius 2 is 1.81 bits per heavy atom. The molecule has 1 amide bonds. The van der Waals surface area contributed by atoms with Crippen LogP contribution >= 0.6 is 23.8 Å². The summed E-state index contributed by atoms with van der Waals surface area (Å²) >= 11 is 11.2. The molecular formula is C24H20ClN3O2S. The van der Waals surface area contributed by atoms with E-state index in [4.69, 9.17) is 28.2 Å². The van der Waals surface area contributed by atoms with Crippen LogP contribution in [-0.2, 0) is 6.42 Å². The van der Waals surface area contributed by atoms with E-state index in [9.17, 15) is 4.79 Å². The van der Waals surface area contributed by atoms with Crippen molar-refractivity contribution in [2.75, 3.05) is 5.32 Å². The van der Waals surface area contributed by atoms with Crippen molar-refractivity contribution < 1.29 is 9.21 Å². The summed E-state index contributed by atoms with van der Waals surface area (Å²) in [6, 6.07) is 18.6. The minimum atomic E-state index is -0.256. The van der Waals surface area contributed by atoms with Gasteiger partial charge >= 0.3 is 0 Å². The van der Waals surface area contributed by atoms with Crippen LogP contribution in [0.4, 0.5) is 5.69 Å². The third kappa shape index (κ3) is 5.10. The number of rotatable bonds is 4. The lowest BCUT2D eigenvalue weighted by molar-refractivity contribution is 0.0977. The van der Waals surface area contributed by atoms with Crippen molar-refractivity contribution in [2.24, 2.45) is 0 Å². The Balaban J connectivity index is 1.43. The lowest BCUT2D eigenvalue weighted by Crippen LogP contribution is -2.34. The zero-order valence-electron chi connectivity index (χ0n) is 17.0. The molecule has 31 heavy (non-hydrogen) atoms. The number of hydrogen-bond donors (Lipinski definition) is 2. The van der Waals surface area contributed by atoms with Crippen LogP contribution in [0.2, 0.25) is 5.02 Å². The average Bonchev–Trinajstić information content (AvgIpc) is 3.13. The van der Waals surface area contributed by atoms with Crippen molar-refractivity contribution in [1.29, 1.82) is 0 Å². The molecule has 0 atom stereocenters. The van der Waals surface area contributed by atoms with Crippen LogP contribution in [0.5, 0.6) is 0 Å². The topological polar surface area (TPSA) is 67.2 Å². The SMILES string of the molecule is Cc1ccc(C(=O)NC(=S)Nc2ccc3oc(Cc4ccc(Cl)cc4)nc3c2)cc1C. The molecule has 1 heterocycles. The van der Waals surface area contributed by atoms with E-state index in [1.807, 2.05) is 68.4 Å². The Morgan fingerprint density at radius 3 is 2.55 bits per heavy atom. The Morgan fingerprint density at radius 1 is 1.03 bits per heavy atom. The minimum absolute atomic E-state index is 0.215. The summed E-state index contributed by atoms with van der Waals surface area (Å²) < 4.78 is 5.83. The number of carbonyl (C=O) groups is 1. The molecule has 0 radical (unpaired) electrons. The van der Waals surface area contributed by atoms with E-state index in [1.54, 1.807) is 6.07 Å². The summed E-state index contributed by atoms with van der Waals surface area (Å²) in [6.45, 7) is 3.97. The first-order valence-corrected chi connectivity index (χ1v) is 10.5. The molecule has 0 saturated carbocycles. The number of hydrogen-bond acceptors (Lipinski definition) is 4. The summed E-state index contributed by atoms with van der Waals surface area (Å²) in [5.41, 5.74) is 5.91. The molecule has 0 aliphatic heterocycles. The van der Waals surface area contributed by atoms with Crippen LogP contribution < -0.4 is 10.6 Å². The molecule has 7 heteroatoms. The average molecular weight is 450 g/mol. The number of aryl methyl sites for hydroxylation is 2. The van der Waals surface area contributed by atoms with E-state index < -0.39 is 0 Å². The van der Waals surface area contributed by atoms with Crippen molar-refractivity contribution in [2.45, 2.75) is 20.3 Å². The number of nitrogens with zero attached hydrogens (tertiary/aromatic N) is 1. The van der Waals surface area contributed by atoms with Gasteiger partial charge in [-0.25, -0.2) is 4.98 Å². The smallest absolute Gasteiger partial charge is 0.257 e. The van der Waals surface area contributed by atoms with Gasteiger partial charge in [0.25, 0.3) is 5.91 Å². The lowest BCUT2D eigenvalue weighted by atomic mass is 10.1. The Kier molecular flexibility index (Phi) is 6.02. The maximum atomic E-state index is 12.4. The molecule has 0 fully saturated rings.